The predicted molar refractivity (Wildman–Crippen MR) is 102 cm³/mol. The molecule has 0 saturated heterocycles. The van der Waals surface area contributed by atoms with Crippen molar-refractivity contribution in [3.8, 4) is 12.3 Å². The number of terminal acetylenes is 1. The summed E-state index contributed by atoms with van der Waals surface area (Å²) in [6, 6.07) is 4.23. The molecular formula is C18H19ClN2O5S. The van der Waals surface area contributed by atoms with E-state index in [2.05, 4.69) is 4.72 Å². The molecule has 2 aliphatic rings. The number of carboxylic acids is 1. The molecule has 144 valence electrons. The second-order valence-electron chi connectivity index (χ2n) is 6.84. The van der Waals surface area contributed by atoms with Gasteiger partial charge in [0.05, 0.1) is 16.0 Å². The average molecular weight is 411 g/mol. The summed E-state index contributed by atoms with van der Waals surface area (Å²) in [5, 5.41) is 9.44. The Bertz CT molecular complexity index is 928. The summed E-state index contributed by atoms with van der Waals surface area (Å²) in [4.78, 5) is 25.5. The Labute approximate surface area is 162 Å². The number of hydrogen-bond acceptors (Lipinski definition) is 4. The molecule has 0 spiro atoms. The number of carbonyl (C=O) groups excluding carboxylic acids is 1. The molecule has 0 bridgehead atoms. The van der Waals surface area contributed by atoms with E-state index >= 15 is 0 Å². The molecule has 1 aromatic carbocycles. The van der Waals surface area contributed by atoms with Crippen molar-refractivity contribution < 1.29 is 23.1 Å². The molecule has 0 unspecified atom stereocenters. The fraction of sp³-hybridized carbons (Fsp3) is 0.444. The number of carboxylic acid groups (broad SMARTS) is 1. The van der Waals surface area contributed by atoms with E-state index in [1.54, 1.807) is 0 Å². The lowest BCUT2D eigenvalue weighted by molar-refractivity contribution is -0.144. The van der Waals surface area contributed by atoms with E-state index in [1.807, 2.05) is 5.92 Å². The molecular weight excluding hydrogens is 392 g/mol. The number of rotatable bonds is 6. The van der Waals surface area contributed by atoms with Gasteiger partial charge in [0.2, 0.25) is 10.0 Å². The number of aliphatic carboxylic acids is 1. The maximum absolute atomic E-state index is 12.4. The number of hydrogen-bond donors (Lipinski definition) is 2. The first kappa shape index (κ1) is 19.5. The second-order valence-corrected chi connectivity index (χ2v) is 9.21. The lowest BCUT2D eigenvalue weighted by Gasteiger charge is -2.36. The van der Waals surface area contributed by atoms with Crippen molar-refractivity contribution in [2.45, 2.75) is 49.3 Å². The van der Waals surface area contributed by atoms with Crippen molar-refractivity contribution in [1.82, 2.24) is 0 Å². The second kappa shape index (κ2) is 7.06. The van der Waals surface area contributed by atoms with Crippen LogP contribution < -0.4 is 9.62 Å². The Balaban J connectivity index is 1.99. The molecule has 0 heterocycles. The fourth-order valence-corrected chi connectivity index (χ4v) is 5.14. The van der Waals surface area contributed by atoms with Crippen molar-refractivity contribution >= 4 is 44.9 Å². The third-order valence-electron chi connectivity index (χ3n) is 5.01. The Hall–Kier alpha value is -2.24. The van der Waals surface area contributed by atoms with Crippen LogP contribution in [0.4, 0.5) is 11.4 Å². The van der Waals surface area contributed by atoms with Gasteiger partial charge >= 0.3 is 11.9 Å². The fourth-order valence-electron chi connectivity index (χ4n) is 3.46. The predicted octanol–water partition coefficient (Wildman–Crippen LogP) is 2.61. The molecule has 1 amide bonds. The largest absolute Gasteiger partial charge is 0.479 e. The monoisotopic (exact) mass is 410 g/mol. The van der Waals surface area contributed by atoms with Gasteiger partial charge in [-0.2, -0.15) is 0 Å². The Morgan fingerprint density at radius 3 is 2.41 bits per heavy atom. The van der Waals surface area contributed by atoms with Crippen LogP contribution in [-0.4, -0.2) is 36.2 Å². The van der Waals surface area contributed by atoms with Crippen LogP contribution in [-0.2, 0) is 19.6 Å². The minimum atomic E-state index is -3.50. The highest BCUT2D eigenvalue weighted by atomic mass is 35.5. The first-order chi connectivity index (χ1) is 12.7. The lowest BCUT2D eigenvalue weighted by Crippen LogP contribution is -2.55. The van der Waals surface area contributed by atoms with Gasteiger partial charge in [0.25, 0.3) is 0 Å². The number of anilines is 2. The highest BCUT2D eigenvalue weighted by Crippen LogP contribution is 2.41. The van der Waals surface area contributed by atoms with Crippen LogP contribution in [0.1, 0.15) is 38.5 Å². The van der Waals surface area contributed by atoms with E-state index in [1.165, 1.54) is 18.2 Å². The van der Waals surface area contributed by atoms with E-state index < -0.39 is 32.7 Å². The molecule has 3 rings (SSSR count). The minimum absolute atomic E-state index is 0.0603. The highest BCUT2D eigenvalue weighted by molar-refractivity contribution is 7.93. The number of carbonyl (C=O) groups is 2. The standard InChI is InChI=1S/C18H19ClN2O5S/c1-2-16(22)21(18(17(23)24)9-3-4-10-18)12-5-8-15(14(19)11-12)20-27(25,26)13-6-7-13/h1,5,8,11,13,20H,3-4,6-7,9-10H2,(H,23,24). The van der Waals surface area contributed by atoms with Crippen LogP contribution in [0.2, 0.25) is 5.02 Å². The minimum Gasteiger partial charge on any atom is -0.479 e. The summed E-state index contributed by atoms with van der Waals surface area (Å²) in [6.45, 7) is 0. The SMILES string of the molecule is C#CC(=O)N(c1ccc(NS(=O)(=O)C2CC2)c(Cl)c1)C1(C(=O)O)CCCC1. The number of nitrogens with zero attached hydrogens (tertiary/aromatic N) is 1. The molecule has 2 N–H and O–H groups in total. The summed E-state index contributed by atoms with van der Waals surface area (Å²) in [6.07, 6.45) is 8.37. The molecule has 0 radical (unpaired) electrons. The molecule has 2 saturated carbocycles. The quantitative estimate of drug-likeness (QED) is 0.701. The van der Waals surface area contributed by atoms with Crippen molar-refractivity contribution in [2.24, 2.45) is 0 Å². The van der Waals surface area contributed by atoms with Crippen molar-refractivity contribution in [2.75, 3.05) is 9.62 Å². The molecule has 0 atom stereocenters. The highest BCUT2D eigenvalue weighted by Gasteiger charge is 2.49. The van der Waals surface area contributed by atoms with Gasteiger partial charge < -0.3 is 5.11 Å². The van der Waals surface area contributed by atoms with Crippen LogP contribution >= 0.6 is 11.6 Å². The van der Waals surface area contributed by atoms with Crippen molar-refractivity contribution in [3.63, 3.8) is 0 Å². The molecule has 1 aromatic rings. The number of benzene rings is 1. The topological polar surface area (TPSA) is 104 Å². The van der Waals surface area contributed by atoms with Crippen LogP contribution in [0.25, 0.3) is 0 Å². The maximum atomic E-state index is 12.4. The van der Waals surface area contributed by atoms with Crippen molar-refractivity contribution in [3.05, 3.63) is 23.2 Å². The molecule has 2 fully saturated rings. The zero-order chi connectivity index (χ0) is 19.8. The van der Waals surface area contributed by atoms with Gasteiger partial charge in [-0.15, -0.1) is 6.42 Å². The van der Waals surface area contributed by atoms with Gasteiger partial charge in [-0.05, 0) is 49.8 Å². The van der Waals surface area contributed by atoms with E-state index in [-0.39, 0.29) is 29.2 Å². The van der Waals surface area contributed by atoms with Gasteiger partial charge in [-0.25, -0.2) is 13.2 Å². The van der Waals surface area contributed by atoms with Gasteiger partial charge in [0.15, 0.2) is 0 Å². The molecule has 0 aliphatic heterocycles. The van der Waals surface area contributed by atoms with E-state index in [0.717, 1.165) is 4.90 Å². The summed E-state index contributed by atoms with van der Waals surface area (Å²) in [5.74, 6) is 0.0818. The van der Waals surface area contributed by atoms with Crippen LogP contribution in [0.5, 0.6) is 0 Å². The van der Waals surface area contributed by atoms with Gasteiger partial charge in [0.1, 0.15) is 5.54 Å². The molecule has 7 nitrogen and oxygen atoms in total. The zero-order valence-electron chi connectivity index (χ0n) is 14.4. The summed E-state index contributed by atoms with van der Waals surface area (Å²) in [5.41, 5.74) is -1.03. The zero-order valence-corrected chi connectivity index (χ0v) is 16.0. The van der Waals surface area contributed by atoms with Crippen LogP contribution in [0.3, 0.4) is 0 Å². The number of sulfonamides is 1. The van der Waals surface area contributed by atoms with E-state index in [9.17, 15) is 23.1 Å². The number of halogens is 1. The Morgan fingerprint density at radius 2 is 1.93 bits per heavy atom. The third-order valence-corrected chi connectivity index (χ3v) is 7.18. The van der Waals surface area contributed by atoms with Gasteiger partial charge in [0, 0.05) is 5.69 Å². The average Bonchev–Trinajstić information content (AvgIpc) is 3.37. The van der Waals surface area contributed by atoms with Crippen LogP contribution in [0.15, 0.2) is 18.2 Å². The molecule has 9 heteroatoms. The van der Waals surface area contributed by atoms with Gasteiger partial charge in [-0.1, -0.05) is 24.4 Å². The first-order valence-electron chi connectivity index (χ1n) is 8.57. The third kappa shape index (κ3) is 3.62. The molecule has 27 heavy (non-hydrogen) atoms. The Morgan fingerprint density at radius 1 is 1.30 bits per heavy atom. The summed E-state index contributed by atoms with van der Waals surface area (Å²) >= 11 is 6.22. The summed E-state index contributed by atoms with van der Waals surface area (Å²) < 4.78 is 26.6. The summed E-state index contributed by atoms with van der Waals surface area (Å²) in [7, 11) is -3.50. The lowest BCUT2D eigenvalue weighted by atomic mass is 9.94. The smallest absolute Gasteiger partial charge is 0.330 e. The number of nitrogens with one attached hydrogen (secondary N) is 1. The first-order valence-corrected chi connectivity index (χ1v) is 10.5. The van der Waals surface area contributed by atoms with E-state index in [4.69, 9.17) is 18.0 Å². The maximum Gasteiger partial charge on any atom is 0.330 e. The Kier molecular flexibility index (Phi) is 5.10. The number of amides is 1. The van der Waals surface area contributed by atoms with Gasteiger partial charge in [-0.3, -0.25) is 14.4 Å². The van der Waals surface area contributed by atoms with Crippen LogP contribution in [0, 0.1) is 12.3 Å². The van der Waals surface area contributed by atoms with Crippen molar-refractivity contribution in [1.29, 1.82) is 0 Å². The molecule has 0 aromatic heterocycles. The van der Waals surface area contributed by atoms with E-state index in [0.29, 0.717) is 25.7 Å². The normalized spacial score (nSPS) is 18.5. The molecule has 2 aliphatic carbocycles.